The van der Waals surface area contributed by atoms with Crippen LogP contribution in [-0.2, 0) is 9.59 Å². The van der Waals surface area contributed by atoms with Crippen LogP contribution in [0.3, 0.4) is 0 Å². The van der Waals surface area contributed by atoms with Crippen LogP contribution in [0.25, 0.3) is 0 Å². The maximum absolute atomic E-state index is 13.0. The molecule has 1 aromatic carbocycles. The minimum atomic E-state index is -0.783. The number of carbonyl (C=O) groups excluding carboxylic acids is 3. The molecule has 4 rings (SSSR count). The van der Waals surface area contributed by atoms with Gasteiger partial charge in [0.2, 0.25) is 0 Å². The number of benzene rings is 1. The third kappa shape index (κ3) is 2.08. The molecule has 3 heterocycles. The molecule has 0 spiro atoms. The first-order valence-corrected chi connectivity index (χ1v) is 8.58. The summed E-state index contributed by atoms with van der Waals surface area (Å²) in [5.41, 5.74) is -0.113. The lowest BCUT2D eigenvalue weighted by Gasteiger charge is -2.23. The van der Waals surface area contributed by atoms with Crippen molar-refractivity contribution in [3.05, 3.63) is 24.3 Å². The largest absolute Gasteiger partial charge is 0.495 e. The van der Waals surface area contributed by atoms with Crippen LogP contribution in [0.5, 0.6) is 5.75 Å². The Morgan fingerprint density at radius 2 is 1.92 bits per heavy atom. The highest BCUT2D eigenvalue weighted by Crippen LogP contribution is 2.40. The molecule has 0 saturated carbocycles. The summed E-state index contributed by atoms with van der Waals surface area (Å²) < 4.78 is 5.34. The number of urea groups is 1. The molecular formula is C18H21N3O4. The molecular weight excluding hydrogens is 322 g/mol. The zero-order valence-corrected chi connectivity index (χ0v) is 14.4. The number of carbonyl (C=O) groups is 3. The van der Waals surface area contributed by atoms with Crippen molar-refractivity contribution in [1.29, 1.82) is 0 Å². The SMILES string of the molecule is COc1ccccc1N1CC[C@@H](N2C(=O)N3CCC[C@]3(C)C2=O)C1=O. The molecule has 1 aromatic rings. The molecule has 3 aliphatic heterocycles. The fourth-order valence-corrected chi connectivity index (χ4v) is 4.24. The Morgan fingerprint density at radius 1 is 1.16 bits per heavy atom. The highest BCUT2D eigenvalue weighted by molar-refractivity contribution is 6.12. The normalized spacial score (nSPS) is 29.0. The van der Waals surface area contributed by atoms with Gasteiger partial charge in [-0.1, -0.05) is 12.1 Å². The highest BCUT2D eigenvalue weighted by atomic mass is 16.5. The van der Waals surface area contributed by atoms with Gasteiger partial charge in [-0.2, -0.15) is 0 Å². The summed E-state index contributed by atoms with van der Waals surface area (Å²) in [6.45, 7) is 2.84. The van der Waals surface area contributed by atoms with E-state index in [1.165, 1.54) is 4.90 Å². The minimum Gasteiger partial charge on any atom is -0.495 e. The second kappa shape index (κ2) is 5.47. The molecule has 0 unspecified atom stereocenters. The van der Waals surface area contributed by atoms with Crippen LogP contribution in [0.15, 0.2) is 24.3 Å². The summed E-state index contributed by atoms with van der Waals surface area (Å²) >= 11 is 0. The fourth-order valence-electron chi connectivity index (χ4n) is 4.24. The van der Waals surface area contributed by atoms with E-state index < -0.39 is 11.6 Å². The summed E-state index contributed by atoms with van der Waals surface area (Å²) in [6, 6.07) is 6.22. The number of hydrogen-bond donors (Lipinski definition) is 0. The molecule has 7 heteroatoms. The third-order valence-electron chi connectivity index (χ3n) is 5.62. The third-order valence-corrected chi connectivity index (χ3v) is 5.62. The quantitative estimate of drug-likeness (QED) is 0.782. The lowest BCUT2D eigenvalue weighted by atomic mass is 9.99. The Bertz CT molecular complexity index is 764. The Kier molecular flexibility index (Phi) is 3.49. The zero-order valence-electron chi connectivity index (χ0n) is 14.4. The molecule has 25 heavy (non-hydrogen) atoms. The molecule has 132 valence electrons. The number of rotatable bonds is 3. The molecule has 0 N–H and O–H groups in total. The lowest BCUT2D eigenvalue weighted by Crippen LogP contribution is -2.47. The van der Waals surface area contributed by atoms with Gasteiger partial charge in [-0.05, 0) is 38.3 Å². The van der Waals surface area contributed by atoms with Gasteiger partial charge >= 0.3 is 6.03 Å². The van der Waals surface area contributed by atoms with E-state index in [1.807, 2.05) is 18.2 Å². The van der Waals surface area contributed by atoms with Crippen molar-refractivity contribution in [2.24, 2.45) is 0 Å². The molecule has 0 bridgehead atoms. The van der Waals surface area contributed by atoms with Crippen LogP contribution in [-0.4, -0.2) is 59.4 Å². The summed E-state index contributed by atoms with van der Waals surface area (Å²) in [5, 5.41) is 0. The number of amides is 4. The van der Waals surface area contributed by atoms with E-state index in [0.717, 1.165) is 6.42 Å². The first kappa shape index (κ1) is 15.9. The van der Waals surface area contributed by atoms with Crippen LogP contribution in [0, 0.1) is 0 Å². The topological polar surface area (TPSA) is 70.2 Å². The number of ether oxygens (including phenoxy) is 1. The predicted octanol–water partition coefficient (Wildman–Crippen LogP) is 1.62. The van der Waals surface area contributed by atoms with E-state index in [9.17, 15) is 14.4 Å². The first-order valence-electron chi connectivity index (χ1n) is 8.58. The van der Waals surface area contributed by atoms with Crippen molar-refractivity contribution in [2.75, 3.05) is 25.1 Å². The number of hydrogen-bond acceptors (Lipinski definition) is 4. The van der Waals surface area contributed by atoms with Crippen LogP contribution < -0.4 is 9.64 Å². The standard InChI is InChI=1S/C18H21N3O4/c1-18-9-5-10-20(18)17(24)21(16(18)23)13-8-11-19(15(13)22)12-6-3-4-7-14(12)25-2/h3-4,6-7,13H,5,8-11H2,1-2H3/t13-,18-/m1/s1. The zero-order chi connectivity index (χ0) is 17.8. The number of imide groups is 1. The summed E-state index contributed by atoms with van der Waals surface area (Å²) in [7, 11) is 1.56. The van der Waals surface area contributed by atoms with Gasteiger partial charge in [0.25, 0.3) is 11.8 Å². The number of anilines is 1. The monoisotopic (exact) mass is 343 g/mol. The van der Waals surface area contributed by atoms with Crippen molar-refractivity contribution >= 4 is 23.5 Å². The number of methoxy groups -OCH3 is 1. The first-order chi connectivity index (χ1) is 12.0. The Hall–Kier alpha value is -2.57. The van der Waals surface area contributed by atoms with Gasteiger partial charge in [-0.15, -0.1) is 0 Å². The summed E-state index contributed by atoms with van der Waals surface area (Å²) in [6.07, 6.45) is 1.93. The second-order valence-electron chi connectivity index (χ2n) is 6.95. The van der Waals surface area contributed by atoms with E-state index in [0.29, 0.717) is 37.4 Å². The predicted molar refractivity (Wildman–Crippen MR) is 90.3 cm³/mol. The van der Waals surface area contributed by atoms with Gasteiger partial charge in [0, 0.05) is 13.1 Å². The van der Waals surface area contributed by atoms with Crippen LogP contribution >= 0.6 is 0 Å². The molecule has 3 fully saturated rings. The lowest BCUT2D eigenvalue weighted by molar-refractivity contribution is -0.136. The van der Waals surface area contributed by atoms with Gasteiger partial charge in [0.1, 0.15) is 17.3 Å². The average Bonchev–Trinajstić information content (AvgIpc) is 3.23. The summed E-state index contributed by atoms with van der Waals surface area (Å²) in [4.78, 5) is 43.0. The van der Waals surface area contributed by atoms with Crippen molar-refractivity contribution in [3.63, 3.8) is 0 Å². The Labute approximate surface area is 146 Å². The number of nitrogens with zero attached hydrogens (tertiary/aromatic N) is 3. The molecule has 0 aliphatic carbocycles. The average molecular weight is 343 g/mol. The minimum absolute atomic E-state index is 0.226. The van der Waals surface area contributed by atoms with E-state index >= 15 is 0 Å². The molecule has 0 aromatic heterocycles. The van der Waals surface area contributed by atoms with Crippen LogP contribution in [0.1, 0.15) is 26.2 Å². The molecule has 2 atom stereocenters. The molecule has 7 nitrogen and oxygen atoms in total. The Balaban J connectivity index is 1.63. The number of para-hydroxylation sites is 2. The highest BCUT2D eigenvalue weighted by Gasteiger charge is 2.60. The van der Waals surface area contributed by atoms with Gasteiger partial charge in [-0.25, -0.2) is 9.69 Å². The van der Waals surface area contributed by atoms with Gasteiger partial charge in [-0.3, -0.25) is 9.59 Å². The molecule has 4 amide bonds. The second-order valence-corrected chi connectivity index (χ2v) is 6.95. The van der Waals surface area contributed by atoms with Gasteiger partial charge in [0.05, 0.1) is 12.8 Å². The van der Waals surface area contributed by atoms with E-state index in [1.54, 1.807) is 29.9 Å². The van der Waals surface area contributed by atoms with Crippen molar-refractivity contribution in [3.8, 4) is 5.75 Å². The molecule has 3 saturated heterocycles. The van der Waals surface area contributed by atoms with E-state index in [4.69, 9.17) is 4.74 Å². The van der Waals surface area contributed by atoms with E-state index in [2.05, 4.69) is 0 Å². The van der Waals surface area contributed by atoms with Crippen LogP contribution in [0.4, 0.5) is 10.5 Å². The maximum atomic E-state index is 13.0. The van der Waals surface area contributed by atoms with E-state index in [-0.39, 0.29) is 17.8 Å². The van der Waals surface area contributed by atoms with Crippen molar-refractivity contribution in [2.45, 2.75) is 37.8 Å². The van der Waals surface area contributed by atoms with Crippen molar-refractivity contribution < 1.29 is 19.1 Å². The number of fused-ring (bicyclic) bond motifs is 1. The fraction of sp³-hybridized carbons (Fsp3) is 0.500. The molecule has 0 radical (unpaired) electrons. The maximum Gasteiger partial charge on any atom is 0.328 e. The smallest absolute Gasteiger partial charge is 0.328 e. The summed E-state index contributed by atoms with van der Waals surface area (Å²) in [5.74, 6) is 0.134. The van der Waals surface area contributed by atoms with Gasteiger partial charge in [0.15, 0.2) is 0 Å². The molecule has 3 aliphatic rings. The van der Waals surface area contributed by atoms with Crippen LogP contribution in [0.2, 0.25) is 0 Å². The Morgan fingerprint density at radius 3 is 2.64 bits per heavy atom. The van der Waals surface area contributed by atoms with Crippen molar-refractivity contribution in [1.82, 2.24) is 9.80 Å². The van der Waals surface area contributed by atoms with Gasteiger partial charge < -0.3 is 14.5 Å².